The largest absolute Gasteiger partial charge is 0.444 e. The molecule has 7 nitrogen and oxygen atoms in total. The predicted octanol–water partition coefficient (Wildman–Crippen LogP) is 4.16. The Morgan fingerprint density at radius 1 is 1.06 bits per heavy atom. The molecule has 0 unspecified atom stereocenters. The summed E-state index contributed by atoms with van der Waals surface area (Å²) in [6, 6.07) is 16.2. The lowest BCUT2D eigenvalue weighted by Crippen LogP contribution is -2.47. The number of amides is 2. The van der Waals surface area contributed by atoms with Crippen LogP contribution in [0.25, 0.3) is 11.3 Å². The van der Waals surface area contributed by atoms with E-state index in [1.165, 1.54) is 0 Å². The highest BCUT2D eigenvalue weighted by molar-refractivity contribution is 5.97. The molecule has 2 amide bonds. The third kappa shape index (κ3) is 6.44. The van der Waals surface area contributed by atoms with Crippen molar-refractivity contribution in [2.45, 2.75) is 38.8 Å². The Balaban J connectivity index is 1.72. The number of benzene rings is 2. The quantitative estimate of drug-likeness (QED) is 0.627. The molecule has 0 spiro atoms. The number of carbonyl (C=O) groups is 2. The molecule has 0 aliphatic carbocycles. The minimum atomic E-state index is -0.783. The zero-order valence-electron chi connectivity index (χ0n) is 18.3. The van der Waals surface area contributed by atoms with Gasteiger partial charge in [-0.3, -0.25) is 4.79 Å². The zero-order chi connectivity index (χ0) is 22.4. The third-order valence-electron chi connectivity index (χ3n) is 4.55. The molecule has 0 saturated heterocycles. The molecule has 2 N–H and O–H groups in total. The molecular weight excluding hydrogens is 392 g/mol. The van der Waals surface area contributed by atoms with Gasteiger partial charge >= 0.3 is 6.09 Å². The van der Waals surface area contributed by atoms with E-state index in [0.717, 1.165) is 16.8 Å². The molecule has 7 heteroatoms. The van der Waals surface area contributed by atoms with Gasteiger partial charge in [0.05, 0.1) is 18.2 Å². The first-order valence-electron chi connectivity index (χ1n) is 10.1. The molecule has 3 aromatic rings. The highest BCUT2D eigenvalue weighted by atomic mass is 16.6. The van der Waals surface area contributed by atoms with Crippen molar-refractivity contribution >= 4 is 17.7 Å². The maximum atomic E-state index is 13.0. The molecule has 0 aliphatic heterocycles. The molecule has 1 heterocycles. The van der Waals surface area contributed by atoms with Crippen LogP contribution in [-0.4, -0.2) is 33.2 Å². The van der Waals surface area contributed by atoms with E-state index in [1.807, 2.05) is 66.2 Å². The second-order valence-corrected chi connectivity index (χ2v) is 8.34. The molecule has 2 aromatic carbocycles. The van der Waals surface area contributed by atoms with Gasteiger partial charge in [-0.15, -0.1) is 0 Å². The van der Waals surface area contributed by atoms with Gasteiger partial charge < -0.3 is 19.9 Å². The monoisotopic (exact) mass is 420 g/mol. The first kappa shape index (κ1) is 22.1. The van der Waals surface area contributed by atoms with Crippen molar-refractivity contribution in [2.24, 2.45) is 7.05 Å². The van der Waals surface area contributed by atoms with Crippen molar-refractivity contribution in [3.05, 3.63) is 72.7 Å². The summed E-state index contributed by atoms with van der Waals surface area (Å²) in [4.78, 5) is 29.4. The van der Waals surface area contributed by atoms with Gasteiger partial charge in [0.1, 0.15) is 11.6 Å². The Kier molecular flexibility index (Phi) is 6.74. The molecule has 0 saturated carbocycles. The summed E-state index contributed by atoms with van der Waals surface area (Å²) in [6.45, 7) is 5.34. The third-order valence-corrected chi connectivity index (χ3v) is 4.55. The van der Waals surface area contributed by atoms with E-state index in [4.69, 9.17) is 4.74 Å². The Bertz CT molecular complexity index is 1020. The van der Waals surface area contributed by atoms with Gasteiger partial charge in [-0.2, -0.15) is 0 Å². The maximum absolute atomic E-state index is 13.0. The van der Waals surface area contributed by atoms with Crippen molar-refractivity contribution in [3.63, 3.8) is 0 Å². The number of carbonyl (C=O) groups excluding carboxylic acids is 2. The van der Waals surface area contributed by atoms with Crippen LogP contribution in [0.2, 0.25) is 0 Å². The van der Waals surface area contributed by atoms with Gasteiger partial charge in [-0.05, 0) is 44.0 Å². The van der Waals surface area contributed by atoms with Gasteiger partial charge in [-0.1, -0.05) is 42.5 Å². The first-order valence-corrected chi connectivity index (χ1v) is 10.1. The van der Waals surface area contributed by atoms with Gasteiger partial charge in [0.15, 0.2) is 0 Å². The topological polar surface area (TPSA) is 85.3 Å². The Hall–Kier alpha value is -3.61. The SMILES string of the molecule is Cn1cncc1-c1ccc(NC(=O)[C@H](Cc2ccccc2)NC(=O)OC(C)(C)C)cc1. The Morgan fingerprint density at radius 2 is 1.74 bits per heavy atom. The number of anilines is 1. The number of imidazole rings is 1. The average Bonchev–Trinajstić information content (AvgIpc) is 3.13. The number of aryl methyl sites for hydroxylation is 1. The molecule has 0 bridgehead atoms. The highest BCUT2D eigenvalue weighted by Gasteiger charge is 2.25. The van der Waals surface area contributed by atoms with Crippen LogP contribution in [0.15, 0.2) is 67.1 Å². The molecular formula is C24H28N4O3. The van der Waals surface area contributed by atoms with Crippen LogP contribution in [0, 0.1) is 0 Å². The highest BCUT2D eigenvalue weighted by Crippen LogP contribution is 2.21. The summed E-state index contributed by atoms with van der Waals surface area (Å²) in [6.07, 6.45) is 3.24. The summed E-state index contributed by atoms with van der Waals surface area (Å²) < 4.78 is 7.26. The first-order chi connectivity index (χ1) is 14.7. The van der Waals surface area contributed by atoms with E-state index in [9.17, 15) is 9.59 Å². The van der Waals surface area contributed by atoms with Crippen LogP contribution < -0.4 is 10.6 Å². The summed E-state index contributed by atoms with van der Waals surface area (Å²) in [5.41, 5.74) is 2.89. The van der Waals surface area contributed by atoms with Gasteiger partial charge in [-0.25, -0.2) is 9.78 Å². The standard InChI is InChI=1S/C24H28N4O3/c1-24(2,3)31-23(30)27-20(14-17-8-6-5-7-9-17)22(29)26-19-12-10-18(11-13-19)21-15-25-16-28(21)4/h5-13,15-16,20H,14H2,1-4H3,(H,26,29)(H,27,30)/t20-/m0/s1. The average molecular weight is 421 g/mol. The van der Waals surface area contributed by atoms with Crippen molar-refractivity contribution in [2.75, 3.05) is 5.32 Å². The van der Waals surface area contributed by atoms with Crippen molar-refractivity contribution in [1.82, 2.24) is 14.9 Å². The van der Waals surface area contributed by atoms with Crippen LogP contribution in [0.5, 0.6) is 0 Å². The molecule has 31 heavy (non-hydrogen) atoms. The fourth-order valence-corrected chi connectivity index (χ4v) is 3.10. The summed E-state index contributed by atoms with van der Waals surface area (Å²) in [7, 11) is 1.93. The van der Waals surface area contributed by atoms with Crippen LogP contribution in [0.3, 0.4) is 0 Å². The Morgan fingerprint density at radius 3 is 2.32 bits per heavy atom. The number of hydrogen-bond donors (Lipinski definition) is 2. The zero-order valence-corrected chi connectivity index (χ0v) is 18.3. The van der Waals surface area contributed by atoms with Gasteiger partial charge in [0.25, 0.3) is 0 Å². The molecule has 0 radical (unpaired) electrons. The van der Waals surface area contributed by atoms with Crippen molar-refractivity contribution < 1.29 is 14.3 Å². The minimum Gasteiger partial charge on any atom is -0.444 e. The van der Waals surface area contributed by atoms with Crippen molar-refractivity contribution in [3.8, 4) is 11.3 Å². The minimum absolute atomic E-state index is 0.317. The number of nitrogens with zero attached hydrogens (tertiary/aromatic N) is 2. The lowest BCUT2D eigenvalue weighted by Gasteiger charge is -2.23. The molecule has 1 aromatic heterocycles. The summed E-state index contributed by atoms with van der Waals surface area (Å²) in [5, 5.41) is 5.58. The number of ether oxygens (including phenoxy) is 1. The van der Waals surface area contributed by atoms with E-state index in [-0.39, 0.29) is 5.91 Å². The molecule has 1 atom stereocenters. The maximum Gasteiger partial charge on any atom is 0.408 e. The lowest BCUT2D eigenvalue weighted by molar-refractivity contribution is -0.118. The van der Waals surface area contributed by atoms with E-state index >= 15 is 0 Å². The Labute approximate surface area is 182 Å². The number of nitrogens with one attached hydrogen (secondary N) is 2. The van der Waals surface area contributed by atoms with Gasteiger partial charge in [0.2, 0.25) is 5.91 Å². The summed E-state index contributed by atoms with van der Waals surface area (Å²) in [5.74, 6) is -0.317. The number of aromatic nitrogens is 2. The van der Waals surface area contributed by atoms with Crippen LogP contribution in [-0.2, 0) is 23.0 Å². The van der Waals surface area contributed by atoms with E-state index in [0.29, 0.717) is 12.1 Å². The lowest BCUT2D eigenvalue weighted by atomic mass is 10.1. The fraction of sp³-hybridized carbons (Fsp3) is 0.292. The second kappa shape index (κ2) is 9.47. The molecule has 3 rings (SSSR count). The summed E-state index contributed by atoms with van der Waals surface area (Å²) >= 11 is 0. The smallest absolute Gasteiger partial charge is 0.408 e. The van der Waals surface area contributed by atoms with E-state index in [2.05, 4.69) is 15.6 Å². The van der Waals surface area contributed by atoms with Crippen LogP contribution >= 0.6 is 0 Å². The number of rotatable bonds is 6. The fourth-order valence-electron chi connectivity index (χ4n) is 3.10. The number of alkyl carbamates (subject to hydrolysis) is 1. The van der Waals surface area contributed by atoms with Gasteiger partial charge in [0, 0.05) is 19.2 Å². The number of hydrogen-bond acceptors (Lipinski definition) is 4. The normalized spacial score (nSPS) is 12.1. The molecule has 0 fully saturated rings. The van der Waals surface area contributed by atoms with E-state index in [1.54, 1.807) is 33.3 Å². The van der Waals surface area contributed by atoms with Crippen molar-refractivity contribution in [1.29, 1.82) is 0 Å². The molecule has 162 valence electrons. The predicted molar refractivity (Wildman–Crippen MR) is 121 cm³/mol. The second-order valence-electron chi connectivity index (χ2n) is 8.34. The van der Waals surface area contributed by atoms with Crippen LogP contribution in [0.4, 0.5) is 10.5 Å². The van der Waals surface area contributed by atoms with E-state index < -0.39 is 17.7 Å². The molecule has 0 aliphatic rings. The van der Waals surface area contributed by atoms with Crippen LogP contribution in [0.1, 0.15) is 26.3 Å².